The number of benzene rings is 2. The Labute approximate surface area is 165 Å². The predicted molar refractivity (Wildman–Crippen MR) is 115 cm³/mol. The Kier molecular flexibility index (Phi) is 5.29. The van der Waals surface area contributed by atoms with Crippen LogP contribution in [0.15, 0.2) is 55.2 Å². The van der Waals surface area contributed by atoms with Gasteiger partial charge in [-0.1, -0.05) is 36.9 Å². The number of hydrogen-bond donors (Lipinski definition) is 1. The molecule has 0 radical (unpaired) electrons. The monoisotopic (exact) mass is 375 g/mol. The van der Waals surface area contributed by atoms with Gasteiger partial charge in [-0.05, 0) is 54.8 Å². The van der Waals surface area contributed by atoms with Gasteiger partial charge in [0.1, 0.15) is 12.5 Å². The summed E-state index contributed by atoms with van der Waals surface area (Å²) in [5, 5.41) is 5.61. The lowest BCUT2D eigenvalue weighted by atomic mass is 9.98. The normalized spacial score (nSPS) is 14.3. The summed E-state index contributed by atoms with van der Waals surface area (Å²) in [6, 6.07) is 13.7. The third kappa shape index (κ3) is 3.59. The minimum Gasteiger partial charge on any atom is -0.371 e. The highest BCUT2D eigenvalue weighted by atomic mass is 19.1. The number of pyridine rings is 1. The summed E-state index contributed by atoms with van der Waals surface area (Å²) in [5.74, 6) is 0.782. The quantitative estimate of drug-likeness (QED) is 0.574. The fraction of sp³-hybridized carbons (Fsp3) is 0.292. The Morgan fingerprint density at radius 1 is 1.14 bits per heavy atom. The summed E-state index contributed by atoms with van der Waals surface area (Å²) >= 11 is 0. The molecule has 0 aliphatic carbocycles. The molecule has 4 rings (SSSR count). The number of hydrogen-bond acceptors (Lipinski definition) is 3. The third-order valence-corrected chi connectivity index (χ3v) is 5.51. The number of nitrogens with zero attached hydrogens (tertiary/aromatic N) is 2. The summed E-state index contributed by atoms with van der Waals surface area (Å²) in [6.45, 7) is 8.17. The maximum atomic E-state index is 13.0. The van der Waals surface area contributed by atoms with Gasteiger partial charge in [0, 0.05) is 41.6 Å². The van der Waals surface area contributed by atoms with Crippen molar-refractivity contribution in [2.75, 3.05) is 18.4 Å². The van der Waals surface area contributed by atoms with Gasteiger partial charge in [0.05, 0.1) is 0 Å². The lowest BCUT2D eigenvalue weighted by molar-refractivity contribution is 0.326. The zero-order valence-electron chi connectivity index (χ0n) is 16.3. The van der Waals surface area contributed by atoms with Crippen molar-refractivity contribution < 1.29 is 4.39 Å². The molecule has 144 valence electrons. The van der Waals surface area contributed by atoms with Gasteiger partial charge in [-0.25, -0.2) is 9.37 Å². The Bertz CT molecular complexity index is 1010. The Hall–Kier alpha value is -2.88. The van der Waals surface area contributed by atoms with E-state index < -0.39 is 6.67 Å². The van der Waals surface area contributed by atoms with E-state index >= 15 is 0 Å². The highest BCUT2D eigenvalue weighted by Crippen LogP contribution is 2.34. The molecule has 0 amide bonds. The second-order valence-electron chi connectivity index (χ2n) is 7.47. The first-order valence-corrected chi connectivity index (χ1v) is 9.92. The van der Waals surface area contributed by atoms with E-state index in [0.29, 0.717) is 5.56 Å². The fourth-order valence-corrected chi connectivity index (χ4v) is 4.01. The number of rotatable bonds is 5. The molecule has 1 fully saturated rings. The molecule has 28 heavy (non-hydrogen) atoms. The van der Waals surface area contributed by atoms with Crippen LogP contribution in [0.3, 0.4) is 0 Å². The molecule has 3 nitrogen and oxygen atoms in total. The van der Waals surface area contributed by atoms with Crippen LogP contribution in [0.1, 0.15) is 36.0 Å². The predicted octanol–water partition coefficient (Wildman–Crippen LogP) is 6.21. The van der Waals surface area contributed by atoms with Crippen molar-refractivity contribution in [3.05, 3.63) is 71.9 Å². The molecule has 0 unspecified atom stereocenters. The Morgan fingerprint density at radius 3 is 2.71 bits per heavy atom. The van der Waals surface area contributed by atoms with Crippen molar-refractivity contribution in [3.63, 3.8) is 0 Å². The topological polar surface area (TPSA) is 28.2 Å². The first-order valence-electron chi connectivity index (χ1n) is 9.92. The molecule has 2 heterocycles. The molecule has 0 spiro atoms. The van der Waals surface area contributed by atoms with E-state index in [-0.39, 0.29) is 0 Å². The zero-order valence-corrected chi connectivity index (χ0v) is 16.3. The average Bonchev–Trinajstić information content (AvgIpc) is 2.74. The van der Waals surface area contributed by atoms with Gasteiger partial charge in [0.2, 0.25) is 0 Å². The molecule has 1 N–H and O–H groups in total. The summed E-state index contributed by atoms with van der Waals surface area (Å²) in [7, 11) is 0. The molecule has 1 aliphatic rings. The second-order valence-corrected chi connectivity index (χ2v) is 7.47. The number of aromatic nitrogens is 1. The summed E-state index contributed by atoms with van der Waals surface area (Å²) < 4.78 is 13.0. The lowest BCUT2D eigenvalue weighted by Crippen LogP contribution is -2.28. The van der Waals surface area contributed by atoms with Gasteiger partial charge in [-0.2, -0.15) is 0 Å². The zero-order chi connectivity index (χ0) is 19.5. The number of nitrogens with one attached hydrogen (secondary N) is 1. The van der Waals surface area contributed by atoms with Gasteiger partial charge in [0.15, 0.2) is 0 Å². The van der Waals surface area contributed by atoms with Crippen LogP contribution >= 0.6 is 0 Å². The van der Waals surface area contributed by atoms with Crippen LogP contribution in [0.25, 0.3) is 16.5 Å². The van der Waals surface area contributed by atoms with Gasteiger partial charge in [-0.15, -0.1) is 0 Å². The minimum atomic E-state index is -0.475. The van der Waals surface area contributed by atoms with Crippen molar-refractivity contribution in [2.24, 2.45) is 0 Å². The molecule has 1 aromatic heterocycles. The number of alkyl halides is 1. The molecule has 1 aliphatic heterocycles. The lowest BCUT2D eigenvalue weighted by Gasteiger charge is -2.31. The number of likely N-dealkylation sites (tertiary alicyclic amines) is 1. The molecule has 1 saturated heterocycles. The minimum absolute atomic E-state index is 0.475. The third-order valence-electron chi connectivity index (χ3n) is 5.51. The largest absolute Gasteiger partial charge is 0.371 e. The first-order chi connectivity index (χ1) is 13.7. The van der Waals surface area contributed by atoms with Crippen LogP contribution in [0.5, 0.6) is 0 Å². The Morgan fingerprint density at radius 2 is 1.93 bits per heavy atom. The van der Waals surface area contributed by atoms with Crippen molar-refractivity contribution >= 4 is 28.0 Å². The standard InChI is InChI=1S/C24H26FN3/c1-17-8-6-11-21-23(17)22(18(2)28-12-4-3-5-13-28)16-26-24(21)27-20-10-7-9-19(14-20)15-25/h6-11,14,16H,2-5,12-13,15H2,1H3,(H,26,27). The average molecular weight is 375 g/mol. The molecular formula is C24H26FN3. The van der Waals surface area contributed by atoms with E-state index in [2.05, 4.69) is 41.9 Å². The first kappa shape index (κ1) is 18.5. The van der Waals surface area contributed by atoms with Gasteiger partial charge < -0.3 is 10.2 Å². The van der Waals surface area contributed by atoms with E-state index in [9.17, 15) is 4.39 Å². The molecule has 0 atom stereocenters. The maximum Gasteiger partial charge on any atom is 0.138 e. The van der Waals surface area contributed by atoms with Crippen LogP contribution in [-0.2, 0) is 6.67 Å². The van der Waals surface area contributed by atoms with Crippen LogP contribution in [-0.4, -0.2) is 23.0 Å². The Balaban J connectivity index is 1.76. The van der Waals surface area contributed by atoms with Gasteiger partial charge in [-0.3, -0.25) is 0 Å². The molecule has 0 bridgehead atoms. The number of fused-ring (bicyclic) bond motifs is 1. The number of anilines is 2. The summed E-state index contributed by atoms with van der Waals surface area (Å²) in [4.78, 5) is 7.10. The van der Waals surface area contributed by atoms with Crippen LogP contribution < -0.4 is 5.32 Å². The van der Waals surface area contributed by atoms with E-state index in [1.54, 1.807) is 6.07 Å². The molecule has 4 heteroatoms. The SMILES string of the molecule is C=C(c1cnc(Nc2cccc(CF)c2)c2cccc(C)c12)N1CCCCC1. The van der Waals surface area contributed by atoms with Crippen LogP contribution in [0.2, 0.25) is 0 Å². The van der Waals surface area contributed by atoms with Gasteiger partial charge >= 0.3 is 0 Å². The van der Waals surface area contributed by atoms with Gasteiger partial charge in [0.25, 0.3) is 0 Å². The number of aryl methyl sites for hydroxylation is 1. The highest BCUT2D eigenvalue weighted by Gasteiger charge is 2.18. The van der Waals surface area contributed by atoms with Crippen molar-refractivity contribution in [1.82, 2.24) is 9.88 Å². The van der Waals surface area contributed by atoms with E-state index in [4.69, 9.17) is 4.98 Å². The highest BCUT2D eigenvalue weighted by molar-refractivity contribution is 6.01. The molecule has 0 saturated carbocycles. The second kappa shape index (κ2) is 8.01. The maximum absolute atomic E-state index is 13.0. The molecular weight excluding hydrogens is 349 g/mol. The van der Waals surface area contributed by atoms with Crippen LogP contribution in [0, 0.1) is 6.92 Å². The van der Waals surface area contributed by atoms with Crippen molar-refractivity contribution in [2.45, 2.75) is 32.9 Å². The molecule has 2 aromatic carbocycles. The summed E-state index contributed by atoms with van der Waals surface area (Å²) in [5.41, 5.74) is 4.85. The smallest absolute Gasteiger partial charge is 0.138 e. The van der Waals surface area contributed by atoms with E-state index in [0.717, 1.165) is 41.2 Å². The number of piperidine rings is 1. The summed E-state index contributed by atoms with van der Waals surface area (Å²) in [6.07, 6.45) is 5.65. The van der Waals surface area contributed by atoms with Crippen molar-refractivity contribution in [3.8, 4) is 0 Å². The van der Waals surface area contributed by atoms with Crippen molar-refractivity contribution in [1.29, 1.82) is 0 Å². The fourth-order valence-electron chi connectivity index (χ4n) is 4.01. The van der Waals surface area contributed by atoms with E-state index in [1.165, 1.54) is 30.2 Å². The van der Waals surface area contributed by atoms with Crippen LogP contribution in [0.4, 0.5) is 15.9 Å². The number of halogens is 1. The molecule has 3 aromatic rings. The van der Waals surface area contributed by atoms with E-state index in [1.807, 2.05) is 24.4 Å².